The molecule has 0 unspecified atom stereocenters. The third-order valence-corrected chi connectivity index (χ3v) is 5.14. The van der Waals surface area contributed by atoms with Gasteiger partial charge in [-0.2, -0.15) is 13.2 Å². The van der Waals surface area contributed by atoms with Crippen molar-refractivity contribution in [3.05, 3.63) is 54.6 Å². The van der Waals surface area contributed by atoms with Gasteiger partial charge in [0.2, 0.25) is 0 Å². The van der Waals surface area contributed by atoms with E-state index in [4.69, 9.17) is 4.18 Å². The number of rotatable bonds is 2. The lowest BCUT2D eigenvalue weighted by Crippen LogP contribution is -2.02. The molecule has 0 amide bonds. The molecule has 1 nitrogen and oxygen atoms in total. The average Bonchev–Trinajstić information content (AvgIpc) is 2.87. The Morgan fingerprint density at radius 2 is 1.65 bits per heavy atom. The quantitative estimate of drug-likeness (QED) is 0.370. The summed E-state index contributed by atoms with van der Waals surface area (Å²) in [6, 6.07) is 17.2. The summed E-state index contributed by atoms with van der Waals surface area (Å²) < 4.78 is 43.7. The molecule has 6 heteroatoms. The van der Waals surface area contributed by atoms with Gasteiger partial charge < -0.3 is 4.18 Å². The molecule has 0 aliphatic rings. The molecule has 0 aliphatic carbocycles. The maximum Gasteiger partial charge on any atom is 0.479 e. The van der Waals surface area contributed by atoms with Crippen LogP contribution in [0.5, 0.6) is 5.75 Å². The van der Waals surface area contributed by atoms with Crippen molar-refractivity contribution in [1.29, 1.82) is 0 Å². The van der Waals surface area contributed by atoms with Gasteiger partial charge in [0.15, 0.2) is 12.0 Å². The molecule has 1 heterocycles. The van der Waals surface area contributed by atoms with Crippen molar-refractivity contribution >= 4 is 54.3 Å². The van der Waals surface area contributed by atoms with Crippen LogP contribution in [0.3, 0.4) is 0 Å². The van der Waals surface area contributed by atoms with Crippen LogP contribution in [0.4, 0.5) is 13.2 Å². The number of thiophene rings is 1. The first kappa shape index (κ1) is 14.7. The SMILES string of the molecule is FC(F)(F)SOc1ccc2cc3c(cc2c1)sc1ccccc13. The van der Waals surface area contributed by atoms with Gasteiger partial charge in [-0.3, -0.25) is 0 Å². The van der Waals surface area contributed by atoms with E-state index in [1.165, 1.54) is 10.1 Å². The number of halogens is 3. The highest BCUT2D eigenvalue weighted by molar-refractivity contribution is 7.95. The van der Waals surface area contributed by atoms with E-state index >= 15 is 0 Å². The molecular formula is C17H9F3OS2. The van der Waals surface area contributed by atoms with Gasteiger partial charge in [0.1, 0.15) is 5.75 Å². The van der Waals surface area contributed by atoms with Gasteiger partial charge >= 0.3 is 5.51 Å². The third-order valence-electron chi connectivity index (χ3n) is 3.54. The van der Waals surface area contributed by atoms with Crippen LogP contribution in [-0.2, 0) is 0 Å². The standard InChI is InChI=1S/C17H9F3OS2/c18-17(19,20)23-21-12-6-5-10-8-14-13-3-1-2-4-15(13)22-16(14)9-11(10)7-12/h1-9H. The van der Waals surface area contributed by atoms with Crippen molar-refractivity contribution < 1.29 is 17.4 Å². The molecule has 0 fully saturated rings. The van der Waals surface area contributed by atoms with Crippen LogP contribution >= 0.6 is 23.4 Å². The van der Waals surface area contributed by atoms with Crippen molar-refractivity contribution in [3.63, 3.8) is 0 Å². The summed E-state index contributed by atoms with van der Waals surface area (Å²) in [5.74, 6) is 0.195. The second-order valence-corrected chi connectivity index (χ2v) is 6.95. The van der Waals surface area contributed by atoms with Gasteiger partial charge in [-0.15, -0.1) is 11.3 Å². The summed E-state index contributed by atoms with van der Waals surface area (Å²) in [6.45, 7) is 0. The Bertz CT molecular complexity index is 1020. The second kappa shape index (κ2) is 5.32. The highest BCUT2D eigenvalue weighted by Crippen LogP contribution is 2.38. The predicted molar refractivity (Wildman–Crippen MR) is 91.1 cm³/mol. The Kier molecular flexibility index (Phi) is 3.39. The first-order valence-electron chi connectivity index (χ1n) is 6.77. The van der Waals surface area contributed by atoms with Gasteiger partial charge in [0.25, 0.3) is 0 Å². The van der Waals surface area contributed by atoms with Crippen molar-refractivity contribution in [2.45, 2.75) is 5.51 Å². The van der Waals surface area contributed by atoms with E-state index < -0.39 is 17.6 Å². The van der Waals surface area contributed by atoms with E-state index in [0.717, 1.165) is 20.9 Å². The molecule has 0 aliphatic heterocycles. The fourth-order valence-corrected chi connectivity index (χ4v) is 4.02. The summed E-state index contributed by atoms with van der Waals surface area (Å²) in [4.78, 5) is 0. The number of benzene rings is 3. The lowest BCUT2D eigenvalue weighted by Gasteiger charge is -2.07. The van der Waals surface area contributed by atoms with Gasteiger partial charge in [0, 0.05) is 20.2 Å². The highest BCUT2D eigenvalue weighted by Gasteiger charge is 2.31. The van der Waals surface area contributed by atoms with Crippen LogP contribution in [0.15, 0.2) is 54.6 Å². The number of hydrogen-bond donors (Lipinski definition) is 0. The van der Waals surface area contributed by atoms with E-state index in [2.05, 4.69) is 18.2 Å². The van der Waals surface area contributed by atoms with Gasteiger partial charge in [0.05, 0.1) is 0 Å². The highest BCUT2D eigenvalue weighted by atomic mass is 32.2. The summed E-state index contributed by atoms with van der Waals surface area (Å²) >= 11 is 1.18. The topological polar surface area (TPSA) is 9.23 Å². The lowest BCUT2D eigenvalue weighted by molar-refractivity contribution is -0.0369. The lowest BCUT2D eigenvalue weighted by atomic mass is 10.1. The zero-order valence-electron chi connectivity index (χ0n) is 11.6. The first-order valence-corrected chi connectivity index (χ1v) is 8.33. The molecule has 116 valence electrons. The third kappa shape index (κ3) is 2.84. The summed E-state index contributed by atoms with van der Waals surface area (Å²) in [5, 5.41) is 4.20. The molecule has 0 saturated carbocycles. The zero-order valence-corrected chi connectivity index (χ0v) is 13.2. The Morgan fingerprint density at radius 1 is 0.826 bits per heavy atom. The normalized spacial score (nSPS) is 12.3. The van der Waals surface area contributed by atoms with Crippen LogP contribution in [0.1, 0.15) is 0 Å². The monoisotopic (exact) mass is 350 g/mol. The zero-order chi connectivity index (χ0) is 16.0. The average molecular weight is 350 g/mol. The fraction of sp³-hybridized carbons (Fsp3) is 0.0588. The molecule has 0 N–H and O–H groups in total. The van der Waals surface area contributed by atoms with Crippen LogP contribution < -0.4 is 4.18 Å². The van der Waals surface area contributed by atoms with Crippen molar-refractivity contribution in [1.82, 2.24) is 0 Å². The van der Waals surface area contributed by atoms with E-state index in [-0.39, 0.29) is 5.75 Å². The first-order chi connectivity index (χ1) is 11.0. The molecule has 4 rings (SSSR count). The molecule has 0 bridgehead atoms. The molecule has 0 radical (unpaired) electrons. The van der Waals surface area contributed by atoms with Gasteiger partial charge in [-0.1, -0.05) is 24.3 Å². The second-order valence-electron chi connectivity index (χ2n) is 5.07. The number of hydrogen-bond acceptors (Lipinski definition) is 3. The summed E-state index contributed by atoms with van der Waals surface area (Å²) in [5.41, 5.74) is -4.41. The van der Waals surface area contributed by atoms with E-state index in [1.54, 1.807) is 29.5 Å². The minimum atomic E-state index is -4.41. The van der Waals surface area contributed by atoms with E-state index in [0.29, 0.717) is 0 Å². The Labute approximate surface area is 137 Å². The Morgan fingerprint density at radius 3 is 2.48 bits per heavy atom. The Hall–Kier alpha value is -1.92. The minimum Gasteiger partial charge on any atom is -0.417 e. The molecule has 4 aromatic rings. The van der Waals surface area contributed by atoms with Crippen molar-refractivity contribution in [2.24, 2.45) is 0 Å². The Balaban J connectivity index is 1.82. The van der Waals surface area contributed by atoms with Crippen LogP contribution in [-0.4, -0.2) is 5.51 Å². The fourth-order valence-electron chi connectivity index (χ4n) is 2.59. The summed E-state index contributed by atoms with van der Waals surface area (Å²) in [6.07, 6.45) is 0. The van der Waals surface area contributed by atoms with Crippen molar-refractivity contribution in [2.75, 3.05) is 0 Å². The van der Waals surface area contributed by atoms with Gasteiger partial charge in [-0.25, -0.2) is 0 Å². The molecule has 3 aromatic carbocycles. The van der Waals surface area contributed by atoms with Crippen LogP contribution in [0.2, 0.25) is 0 Å². The van der Waals surface area contributed by atoms with E-state index in [9.17, 15) is 13.2 Å². The molecule has 0 atom stereocenters. The predicted octanol–water partition coefficient (Wildman–Crippen LogP) is 6.75. The van der Waals surface area contributed by atoms with Gasteiger partial charge in [-0.05, 0) is 41.1 Å². The molecular weight excluding hydrogens is 341 g/mol. The largest absolute Gasteiger partial charge is 0.479 e. The minimum absolute atomic E-state index is 0.195. The molecule has 0 spiro atoms. The maximum atomic E-state index is 12.2. The molecule has 23 heavy (non-hydrogen) atoms. The van der Waals surface area contributed by atoms with Crippen LogP contribution in [0.25, 0.3) is 30.9 Å². The number of fused-ring (bicyclic) bond motifs is 4. The van der Waals surface area contributed by atoms with E-state index in [1.807, 2.05) is 18.2 Å². The summed E-state index contributed by atoms with van der Waals surface area (Å²) in [7, 11) is 0. The smallest absolute Gasteiger partial charge is 0.417 e. The van der Waals surface area contributed by atoms with Crippen LogP contribution in [0, 0.1) is 0 Å². The maximum absolute atomic E-state index is 12.2. The number of alkyl halides is 3. The van der Waals surface area contributed by atoms with Crippen molar-refractivity contribution in [3.8, 4) is 5.75 Å². The molecule has 0 saturated heterocycles. The molecule has 1 aromatic heterocycles.